The van der Waals surface area contributed by atoms with Gasteiger partial charge in [-0.05, 0) is 45.4 Å². The second kappa shape index (κ2) is 5.99. The van der Waals surface area contributed by atoms with Gasteiger partial charge in [0.2, 0.25) is 0 Å². The predicted molar refractivity (Wildman–Crippen MR) is 85.0 cm³/mol. The Labute approximate surface area is 130 Å². The highest BCUT2D eigenvalue weighted by atomic mass is 16.5. The van der Waals surface area contributed by atoms with Crippen molar-refractivity contribution in [3.63, 3.8) is 0 Å². The van der Waals surface area contributed by atoms with E-state index in [1.807, 2.05) is 0 Å². The number of esters is 1. The van der Waals surface area contributed by atoms with Crippen molar-refractivity contribution in [2.45, 2.75) is 57.7 Å². The second-order valence-electron chi connectivity index (χ2n) is 7.06. The summed E-state index contributed by atoms with van der Waals surface area (Å²) < 4.78 is 5.67. The molecule has 1 aliphatic rings. The fourth-order valence-electron chi connectivity index (χ4n) is 3.25. The molecule has 0 atom stereocenters. The van der Waals surface area contributed by atoms with Crippen LogP contribution in [0.4, 0.5) is 5.69 Å². The number of hydrogen-bond acceptors (Lipinski definition) is 4. The topological polar surface area (TPSA) is 87.1 Å². The Kier molecular flexibility index (Phi) is 4.44. The number of carbonyl (C=O) groups excluding carboxylic acids is 1. The van der Waals surface area contributed by atoms with Crippen molar-refractivity contribution in [3.05, 3.63) is 40.3 Å². The van der Waals surface area contributed by atoms with Gasteiger partial charge in [-0.3, -0.25) is 0 Å². The highest BCUT2D eigenvalue weighted by Crippen LogP contribution is 2.30. The van der Waals surface area contributed by atoms with E-state index in [2.05, 4.69) is 43.0 Å². The van der Waals surface area contributed by atoms with E-state index in [4.69, 9.17) is 10.3 Å². The Morgan fingerprint density at radius 3 is 2.27 bits per heavy atom. The van der Waals surface area contributed by atoms with E-state index >= 15 is 0 Å². The van der Waals surface area contributed by atoms with Crippen molar-refractivity contribution in [1.29, 1.82) is 0 Å². The van der Waals surface area contributed by atoms with Crippen LogP contribution in [-0.2, 0) is 4.74 Å². The molecule has 0 unspecified atom stereocenters. The maximum atomic E-state index is 12.3. The molecule has 0 saturated carbocycles. The number of piperidine rings is 1. The van der Waals surface area contributed by atoms with Gasteiger partial charge >= 0.3 is 5.97 Å². The van der Waals surface area contributed by atoms with Gasteiger partial charge < -0.3 is 10.1 Å². The van der Waals surface area contributed by atoms with Gasteiger partial charge in [-0.2, -0.15) is 0 Å². The first-order valence-corrected chi connectivity index (χ1v) is 7.36. The number of nitrogens with one attached hydrogen (secondary N) is 1. The molecular weight excluding hydrogens is 280 g/mol. The quantitative estimate of drug-likeness (QED) is 0.395. The lowest BCUT2D eigenvalue weighted by molar-refractivity contribution is -0.00637. The van der Waals surface area contributed by atoms with Gasteiger partial charge in [-0.25, -0.2) is 4.79 Å². The first-order valence-electron chi connectivity index (χ1n) is 7.36. The van der Waals surface area contributed by atoms with Gasteiger partial charge in [0, 0.05) is 34.5 Å². The lowest BCUT2D eigenvalue weighted by Gasteiger charge is -2.45. The third-order valence-corrected chi connectivity index (χ3v) is 3.69. The number of nitrogens with zero attached hydrogens (tertiary/aromatic N) is 3. The maximum Gasteiger partial charge on any atom is 0.338 e. The van der Waals surface area contributed by atoms with E-state index in [1.54, 1.807) is 24.3 Å². The number of benzene rings is 1. The van der Waals surface area contributed by atoms with Gasteiger partial charge in [-0.15, -0.1) is 0 Å². The number of ether oxygens (including phenoxy) is 1. The van der Waals surface area contributed by atoms with Gasteiger partial charge in [0.1, 0.15) is 6.10 Å². The molecule has 2 rings (SSSR count). The van der Waals surface area contributed by atoms with Crippen LogP contribution in [0, 0.1) is 0 Å². The molecule has 1 N–H and O–H groups in total. The number of azide groups is 1. The summed E-state index contributed by atoms with van der Waals surface area (Å²) in [7, 11) is 0. The van der Waals surface area contributed by atoms with Gasteiger partial charge in [-0.1, -0.05) is 17.2 Å². The minimum Gasteiger partial charge on any atom is -0.459 e. The first-order chi connectivity index (χ1) is 10.2. The monoisotopic (exact) mass is 302 g/mol. The number of hydrogen-bond donors (Lipinski definition) is 1. The van der Waals surface area contributed by atoms with Crippen LogP contribution in [0.5, 0.6) is 0 Å². The van der Waals surface area contributed by atoms with E-state index in [1.165, 1.54) is 0 Å². The standard InChI is InChI=1S/C16H22N4O2/c1-15(2)9-13(10-16(3,4)19-15)22-14(21)11-5-7-12(8-6-11)18-20-17/h5-8,13,19H,9-10H2,1-4H3. The third kappa shape index (κ3) is 4.23. The molecule has 0 spiro atoms. The van der Waals surface area contributed by atoms with Crippen molar-refractivity contribution in [2.75, 3.05) is 0 Å². The smallest absolute Gasteiger partial charge is 0.338 e. The fourth-order valence-corrected chi connectivity index (χ4v) is 3.25. The van der Waals surface area contributed by atoms with Crippen LogP contribution in [0.1, 0.15) is 50.9 Å². The Bertz CT molecular complexity index is 585. The van der Waals surface area contributed by atoms with E-state index in [9.17, 15) is 4.79 Å². The van der Waals surface area contributed by atoms with Gasteiger partial charge in [0.15, 0.2) is 0 Å². The highest BCUT2D eigenvalue weighted by molar-refractivity contribution is 5.89. The summed E-state index contributed by atoms with van der Waals surface area (Å²) in [4.78, 5) is 15.0. The van der Waals surface area contributed by atoms with Crippen LogP contribution in [0.25, 0.3) is 10.4 Å². The molecule has 1 aromatic rings. The van der Waals surface area contributed by atoms with Crippen molar-refractivity contribution >= 4 is 11.7 Å². The van der Waals surface area contributed by atoms with Gasteiger partial charge in [0.25, 0.3) is 0 Å². The van der Waals surface area contributed by atoms with Crippen LogP contribution >= 0.6 is 0 Å². The van der Waals surface area contributed by atoms with Crippen molar-refractivity contribution in [2.24, 2.45) is 5.11 Å². The summed E-state index contributed by atoms with van der Waals surface area (Å²) in [5.74, 6) is -0.342. The van der Waals surface area contributed by atoms with E-state index in [0.717, 1.165) is 12.8 Å². The van der Waals surface area contributed by atoms with Crippen molar-refractivity contribution in [1.82, 2.24) is 5.32 Å². The van der Waals surface area contributed by atoms with Crippen molar-refractivity contribution < 1.29 is 9.53 Å². The molecule has 0 amide bonds. The van der Waals surface area contributed by atoms with Crippen LogP contribution in [0.15, 0.2) is 29.4 Å². The zero-order valence-corrected chi connectivity index (χ0v) is 13.5. The Morgan fingerprint density at radius 2 is 1.77 bits per heavy atom. The largest absolute Gasteiger partial charge is 0.459 e. The summed E-state index contributed by atoms with van der Waals surface area (Å²) in [6, 6.07) is 6.44. The van der Waals surface area contributed by atoms with E-state index in [0.29, 0.717) is 11.3 Å². The lowest BCUT2D eigenvalue weighted by atomic mass is 9.81. The van der Waals surface area contributed by atoms with Crippen LogP contribution in [0.3, 0.4) is 0 Å². The van der Waals surface area contributed by atoms with E-state index in [-0.39, 0.29) is 23.2 Å². The summed E-state index contributed by atoms with van der Waals surface area (Å²) in [5, 5.41) is 7.04. The molecule has 22 heavy (non-hydrogen) atoms. The Hall–Kier alpha value is -2.04. The maximum absolute atomic E-state index is 12.3. The summed E-state index contributed by atoms with van der Waals surface area (Å²) >= 11 is 0. The van der Waals surface area contributed by atoms with Crippen LogP contribution < -0.4 is 5.32 Å². The molecule has 118 valence electrons. The van der Waals surface area contributed by atoms with Crippen molar-refractivity contribution in [3.8, 4) is 0 Å². The minimum atomic E-state index is -0.342. The third-order valence-electron chi connectivity index (χ3n) is 3.69. The number of rotatable bonds is 3. The fraction of sp³-hybridized carbons (Fsp3) is 0.562. The molecule has 0 bridgehead atoms. The summed E-state index contributed by atoms with van der Waals surface area (Å²) in [6.45, 7) is 8.46. The molecule has 6 heteroatoms. The molecule has 0 aromatic heterocycles. The number of carbonyl (C=O) groups is 1. The molecule has 1 aliphatic heterocycles. The Morgan fingerprint density at radius 1 is 1.23 bits per heavy atom. The zero-order valence-electron chi connectivity index (χ0n) is 13.5. The molecular formula is C16H22N4O2. The summed E-state index contributed by atoms with van der Waals surface area (Å²) in [5.41, 5.74) is 9.17. The molecule has 1 fully saturated rings. The normalized spacial score (nSPS) is 20.0. The SMILES string of the molecule is CC1(C)CC(OC(=O)c2ccc(N=[N+]=[N-])cc2)CC(C)(C)N1. The van der Waals surface area contributed by atoms with E-state index < -0.39 is 0 Å². The molecule has 0 aliphatic carbocycles. The molecule has 1 aromatic carbocycles. The lowest BCUT2D eigenvalue weighted by Crippen LogP contribution is -2.59. The predicted octanol–water partition coefficient (Wildman–Crippen LogP) is 4.09. The second-order valence-corrected chi connectivity index (χ2v) is 7.06. The average molecular weight is 302 g/mol. The molecule has 1 saturated heterocycles. The van der Waals surface area contributed by atoms with Crippen LogP contribution in [0.2, 0.25) is 0 Å². The Balaban J connectivity index is 2.06. The molecule has 1 heterocycles. The zero-order chi connectivity index (χ0) is 16.4. The molecule has 0 radical (unpaired) electrons. The summed E-state index contributed by atoms with van der Waals surface area (Å²) in [6.07, 6.45) is 1.44. The average Bonchev–Trinajstić information content (AvgIpc) is 2.36. The molecule has 6 nitrogen and oxygen atoms in total. The van der Waals surface area contributed by atoms with Crippen LogP contribution in [-0.4, -0.2) is 23.2 Å². The minimum absolute atomic E-state index is 0.0714. The highest BCUT2D eigenvalue weighted by Gasteiger charge is 2.39. The van der Waals surface area contributed by atoms with Gasteiger partial charge in [0.05, 0.1) is 5.56 Å². The first kappa shape index (κ1) is 16.3.